The number of para-hydroxylation sites is 1. The van der Waals surface area contributed by atoms with E-state index in [0.717, 1.165) is 23.8 Å². The van der Waals surface area contributed by atoms with Crippen molar-refractivity contribution in [2.45, 2.75) is 39.5 Å². The summed E-state index contributed by atoms with van der Waals surface area (Å²) in [4.78, 5) is 0. The summed E-state index contributed by atoms with van der Waals surface area (Å²) < 4.78 is 0. The number of nitrogens with one attached hydrogen (secondary N) is 2. The molecule has 0 radical (unpaired) electrons. The molecule has 0 bridgehead atoms. The molecule has 2 heteroatoms. The zero-order chi connectivity index (χ0) is 15.6. The summed E-state index contributed by atoms with van der Waals surface area (Å²) in [5.41, 5.74) is 3.43. The van der Waals surface area contributed by atoms with E-state index in [0.29, 0.717) is 0 Å². The zero-order valence-electron chi connectivity index (χ0n) is 13.8. The summed E-state index contributed by atoms with van der Waals surface area (Å²) >= 11 is 0. The number of anilines is 3. The van der Waals surface area contributed by atoms with Crippen molar-refractivity contribution in [1.82, 2.24) is 0 Å². The van der Waals surface area contributed by atoms with Gasteiger partial charge in [0.25, 0.3) is 0 Å². The molecule has 2 rings (SSSR count). The predicted octanol–water partition coefficient (Wildman–Crippen LogP) is 6.06. The van der Waals surface area contributed by atoms with E-state index in [2.05, 4.69) is 60.9 Å². The van der Waals surface area contributed by atoms with E-state index in [4.69, 9.17) is 0 Å². The number of hydrogen-bond acceptors (Lipinski definition) is 2. The Bertz CT molecular complexity index is 517. The van der Waals surface area contributed by atoms with Crippen molar-refractivity contribution in [3.63, 3.8) is 0 Å². The maximum atomic E-state index is 3.50. The average molecular weight is 296 g/mol. The highest BCUT2D eigenvalue weighted by Crippen LogP contribution is 2.18. The third kappa shape index (κ3) is 6.21. The fourth-order valence-corrected chi connectivity index (χ4v) is 2.45. The normalized spacial score (nSPS) is 10.7. The molecular weight excluding hydrogens is 268 g/mol. The summed E-state index contributed by atoms with van der Waals surface area (Å²) in [7, 11) is 0. The minimum absolute atomic E-state index is 0.831. The number of rotatable bonds is 9. The molecule has 2 nitrogen and oxygen atoms in total. The van der Waals surface area contributed by atoms with E-state index >= 15 is 0 Å². The lowest BCUT2D eigenvalue weighted by molar-refractivity contribution is 0.531. The van der Waals surface area contributed by atoms with Crippen molar-refractivity contribution >= 4 is 17.1 Å². The van der Waals surface area contributed by atoms with E-state index in [1.807, 2.05) is 18.2 Å². The van der Waals surface area contributed by atoms with Gasteiger partial charge in [-0.15, -0.1) is 0 Å². The van der Waals surface area contributed by atoms with Gasteiger partial charge in [0.2, 0.25) is 0 Å². The van der Waals surface area contributed by atoms with Crippen LogP contribution in [0.15, 0.2) is 54.6 Å². The molecule has 2 aromatic rings. The van der Waals surface area contributed by atoms with Gasteiger partial charge >= 0.3 is 0 Å². The molecule has 0 aliphatic rings. The molecule has 0 aliphatic carbocycles. The second-order valence-corrected chi connectivity index (χ2v) is 6.24. The van der Waals surface area contributed by atoms with Crippen LogP contribution in [0.25, 0.3) is 0 Å². The molecule has 0 atom stereocenters. The molecule has 0 saturated heterocycles. The van der Waals surface area contributed by atoms with Crippen LogP contribution in [0.5, 0.6) is 0 Å². The van der Waals surface area contributed by atoms with Crippen molar-refractivity contribution in [3.8, 4) is 0 Å². The van der Waals surface area contributed by atoms with Crippen LogP contribution in [0.1, 0.15) is 39.5 Å². The van der Waals surface area contributed by atoms with Crippen molar-refractivity contribution in [1.29, 1.82) is 0 Å². The molecule has 0 unspecified atom stereocenters. The van der Waals surface area contributed by atoms with Crippen molar-refractivity contribution in [3.05, 3.63) is 54.6 Å². The lowest BCUT2D eigenvalue weighted by Gasteiger charge is -2.09. The van der Waals surface area contributed by atoms with E-state index in [-0.39, 0.29) is 0 Å². The summed E-state index contributed by atoms with van der Waals surface area (Å²) in [5, 5.41) is 6.89. The minimum Gasteiger partial charge on any atom is -0.385 e. The van der Waals surface area contributed by atoms with Crippen LogP contribution < -0.4 is 10.6 Å². The second kappa shape index (κ2) is 9.14. The molecule has 2 aromatic carbocycles. The van der Waals surface area contributed by atoms with Crippen LogP contribution >= 0.6 is 0 Å². The molecule has 0 aromatic heterocycles. The van der Waals surface area contributed by atoms with Gasteiger partial charge < -0.3 is 10.6 Å². The van der Waals surface area contributed by atoms with Gasteiger partial charge in [-0.25, -0.2) is 0 Å². The Morgan fingerprint density at radius 2 is 1.36 bits per heavy atom. The SMILES string of the molecule is CC(C)CCCCCNc1ccc(Nc2ccccc2)cc1. The molecule has 118 valence electrons. The first kappa shape index (κ1) is 16.4. The van der Waals surface area contributed by atoms with E-state index < -0.39 is 0 Å². The van der Waals surface area contributed by atoms with Crippen LogP contribution in [0.2, 0.25) is 0 Å². The first-order chi connectivity index (χ1) is 10.7. The summed E-state index contributed by atoms with van der Waals surface area (Å²) in [6, 6.07) is 18.8. The van der Waals surface area contributed by atoms with Crippen LogP contribution in [-0.2, 0) is 0 Å². The molecule has 0 amide bonds. The maximum absolute atomic E-state index is 3.50. The Morgan fingerprint density at radius 1 is 0.727 bits per heavy atom. The Hall–Kier alpha value is -1.96. The highest BCUT2D eigenvalue weighted by Gasteiger charge is 1.97. The van der Waals surface area contributed by atoms with Gasteiger partial charge in [0.15, 0.2) is 0 Å². The molecule has 2 N–H and O–H groups in total. The topological polar surface area (TPSA) is 24.1 Å². The third-order valence-corrected chi connectivity index (χ3v) is 3.73. The summed E-state index contributed by atoms with van der Waals surface area (Å²) in [6.07, 6.45) is 5.26. The number of benzene rings is 2. The molecule has 0 saturated carbocycles. The molecule has 0 heterocycles. The van der Waals surface area contributed by atoms with Gasteiger partial charge in [0.1, 0.15) is 0 Å². The fourth-order valence-electron chi connectivity index (χ4n) is 2.45. The van der Waals surface area contributed by atoms with Gasteiger partial charge in [0, 0.05) is 23.6 Å². The predicted molar refractivity (Wildman–Crippen MR) is 98.0 cm³/mol. The summed E-state index contributed by atoms with van der Waals surface area (Å²) in [6.45, 7) is 5.65. The average Bonchev–Trinajstić information content (AvgIpc) is 2.53. The molecular formula is C20H28N2. The first-order valence-corrected chi connectivity index (χ1v) is 8.40. The molecule has 0 aliphatic heterocycles. The van der Waals surface area contributed by atoms with Gasteiger partial charge in [-0.05, 0) is 48.7 Å². The highest BCUT2D eigenvalue weighted by molar-refractivity contribution is 5.62. The number of unbranched alkanes of at least 4 members (excludes halogenated alkanes) is 2. The molecule has 0 fully saturated rings. The highest BCUT2D eigenvalue weighted by atomic mass is 14.9. The minimum atomic E-state index is 0.831. The maximum Gasteiger partial charge on any atom is 0.0385 e. The van der Waals surface area contributed by atoms with Gasteiger partial charge in [0.05, 0.1) is 0 Å². The lowest BCUT2D eigenvalue weighted by Crippen LogP contribution is -2.01. The number of hydrogen-bond donors (Lipinski definition) is 2. The Balaban J connectivity index is 1.68. The molecule has 22 heavy (non-hydrogen) atoms. The molecule has 0 spiro atoms. The Morgan fingerprint density at radius 3 is 2.05 bits per heavy atom. The van der Waals surface area contributed by atoms with Crippen LogP contribution in [0, 0.1) is 5.92 Å². The smallest absolute Gasteiger partial charge is 0.0385 e. The van der Waals surface area contributed by atoms with Crippen LogP contribution in [-0.4, -0.2) is 6.54 Å². The Labute approximate surface area is 135 Å². The van der Waals surface area contributed by atoms with Gasteiger partial charge in [-0.1, -0.05) is 51.3 Å². The monoisotopic (exact) mass is 296 g/mol. The fraction of sp³-hybridized carbons (Fsp3) is 0.400. The standard InChI is InChI=1S/C20H28N2/c1-17(2)9-5-4-8-16-21-18-12-14-20(15-13-18)22-19-10-6-3-7-11-19/h3,6-7,10-15,17,21-22H,4-5,8-9,16H2,1-2H3. The third-order valence-electron chi connectivity index (χ3n) is 3.73. The van der Waals surface area contributed by atoms with E-state index in [1.165, 1.54) is 31.4 Å². The largest absolute Gasteiger partial charge is 0.385 e. The van der Waals surface area contributed by atoms with Gasteiger partial charge in [-0.2, -0.15) is 0 Å². The van der Waals surface area contributed by atoms with Gasteiger partial charge in [-0.3, -0.25) is 0 Å². The van der Waals surface area contributed by atoms with E-state index in [1.54, 1.807) is 0 Å². The van der Waals surface area contributed by atoms with Crippen molar-refractivity contribution in [2.24, 2.45) is 5.92 Å². The van der Waals surface area contributed by atoms with Crippen LogP contribution in [0.3, 0.4) is 0 Å². The first-order valence-electron chi connectivity index (χ1n) is 8.40. The summed E-state index contributed by atoms with van der Waals surface area (Å²) in [5.74, 6) is 0.831. The Kier molecular flexibility index (Phi) is 6.82. The van der Waals surface area contributed by atoms with Crippen molar-refractivity contribution < 1.29 is 0 Å². The van der Waals surface area contributed by atoms with E-state index in [9.17, 15) is 0 Å². The zero-order valence-corrected chi connectivity index (χ0v) is 13.8. The van der Waals surface area contributed by atoms with Crippen LogP contribution in [0.4, 0.5) is 17.1 Å². The van der Waals surface area contributed by atoms with Crippen molar-refractivity contribution in [2.75, 3.05) is 17.2 Å². The quantitative estimate of drug-likeness (QED) is 0.550. The lowest BCUT2D eigenvalue weighted by atomic mass is 10.1. The second-order valence-electron chi connectivity index (χ2n) is 6.24.